The van der Waals surface area contributed by atoms with Crippen molar-refractivity contribution in [2.45, 2.75) is 393 Å². The zero-order chi connectivity index (χ0) is 59.2. The summed E-state index contributed by atoms with van der Waals surface area (Å²) in [6.45, 7) is 6.64. The van der Waals surface area contributed by atoms with Crippen molar-refractivity contribution in [3.63, 3.8) is 0 Å². The van der Waals surface area contributed by atoms with Crippen molar-refractivity contribution in [3.05, 3.63) is 60.8 Å². The van der Waals surface area contributed by atoms with Crippen molar-refractivity contribution in [2.24, 2.45) is 0 Å². The van der Waals surface area contributed by atoms with E-state index in [0.717, 1.165) is 96.3 Å². The van der Waals surface area contributed by atoms with E-state index in [-0.39, 0.29) is 31.1 Å². The van der Waals surface area contributed by atoms with Gasteiger partial charge in [-0.15, -0.1) is 0 Å². The SMILES string of the molecule is CCCCC/C=C\C/C=C\C/C=C\CCCCCCCCC(=O)OC(COC(=O)CCCCCCCCC/C=C\C/C=C\CCCCC)COC(=O)CCCCCCCCCCCCCCCCCCCCCCCCCCCCCC. The van der Waals surface area contributed by atoms with Crippen LogP contribution in [0.15, 0.2) is 60.8 Å². The van der Waals surface area contributed by atoms with Crippen LogP contribution in [0.1, 0.15) is 387 Å². The van der Waals surface area contributed by atoms with Crippen LogP contribution in [0, 0.1) is 0 Å². The van der Waals surface area contributed by atoms with Crippen molar-refractivity contribution in [2.75, 3.05) is 13.2 Å². The minimum Gasteiger partial charge on any atom is -0.462 e. The average Bonchev–Trinajstić information content (AvgIpc) is 3.47. The fourth-order valence-corrected chi connectivity index (χ4v) is 10.8. The third-order valence-electron chi connectivity index (χ3n) is 16.2. The van der Waals surface area contributed by atoms with Crippen molar-refractivity contribution in [1.29, 1.82) is 0 Å². The van der Waals surface area contributed by atoms with Gasteiger partial charge in [0.2, 0.25) is 0 Å². The molecule has 1 atom stereocenters. The fourth-order valence-electron chi connectivity index (χ4n) is 10.8. The quantitative estimate of drug-likeness (QED) is 0.0261. The van der Waals surface area contributed by atoms with Crippen LogP contribution in [0.5, 0.6) is 0 Å². The van der Waals surface area contributed by atoms with Crippen LogP contribution in [0.3, 0.4) is 0 Å². The summed E-state index contributed by atoms with van der Waals surface area (Å²) in [5.74, 6) is -0.876. The van der Waals surface area contributed by atoms with Gasteiger partial charge < -0.3 is 14.2 Å². The summed E-state index contributed by atoms with van der Waals surface area (Å²) < 4.78 is 17.0. The minimum absolute atomic E-state index is 0.0787. The smallest absolute Gasteiger partial charge is 0.306 e. The maximum absolute atomic E-state index is 13.0. The molecule has 0 amide bonds. The maximum Gasteiger partial charge on any atom is 0.306 e. The lowest BCUT2D eigenvalue weighted by molar-refractivity contribution is -0.167. The second-order valence-corrected chi connectivity index (χ2v) is 24.5. The van der Waals surface area contributed by atoms with Gasteiger partial charge in [-0.25, -0.2) is 0 Å². The number of ether oxygens (including phenoxy) is 3. The number of hydrogen-bond donors (Lipinski definition) is 0. The summed E-state index contributed by atoms with van der Waals surface area (Å²) >= 11 is 0. The Morgan fingerprint density at radius 3 is 0.707 bits per heavy atom. The molecule has 0 bridgehead atoms. The van der Waals surface area contributed by atoms with E-state index in [1.165, 1.54) is 250 Å². The highest BCUT2D eigenvalue weighted by Crippen LogP contribution is 2.18. The summed E-state index contributed by atoms with van der Waals surface area (Å²) in [5.41, 5.74) is 0. The molecule has 6 nitrogen and oxygen atoms in total. The van der Waals surface area contributed by atoms with Gasteiger partial charge in [0.25, 0.3) is 0 Å². The number of unbranched alkanes of at least 4 members (excludes halogenated alkanes) is 46. The van der Waals surface area contributed by atoms with E-state index in [1.807, 2.05) is 0 Å². The largest absolute Gasteiger partial charge is 0.462 e. The molecule has 0 aromatic heterocycles. The molecule has 0 saturated heterocycles. The van der Waals surface area contributed by atoms with E-state index < -0.39 is 6.10 Å². The lowest BCUT2D eigenvalue weighted by Crippen LogP contribution is -2.30. The van der Waals surface area contributed by atoms with Gasteiger partial charge in [0.15, 0.2) is 6.10 Å². The monoisotopic (exact) mass is 1150 g/mol. The molecule has 82 heavy (non-hydrogen) atoms. The molecule has 0 heterocycles. The fraction of sp³-hybridized carbons (Fsp3) is 0.829. The summed E-state index contributed by atoms with van der Waals surface area (Å²) in [7, 11) is 0. The van der Waals surface area contributed by atoms with Crippen LogP contribution in [-0.2, 0) is 28.6 Å². The number of allylic oxidation sites excluding steroid dienone is 10. The van der Waals surface area contributed by atoms with E-state index >= 15 is 0 Å². The van der Waals surface area contributed by atoms with Gasteiger partial charge in [0, 0.05) is 19.3 Å². The molecule has 0 N–H and O–H groups in total. The highest BCUT2D eigenvalue weighted by atomic mass is 16.6. The molecule has 0 aliphatic carbocycles. The van der Waals surface area contributed by atoms with Crippen molar-refractivity contribution >= 4 is 17.9 Å². The van der Waals surface area contributed by atoms with E-state index in [0.29, 0.717) is 19.3 Å². The number of carbonyl (C=O) groups is 3. The van der Waals surface area contributed by atoms with Gasteiger partial charge in [-0.3, -0.25) is 14.4 Å². The van der Waals surface area contributed by atoms with Crippen LogP contribution in [-0.4, -0.2) is 37.2 Å². The van der Waals surface area contributed by atoms with Gasteiger partial charge in [0.1, 0.15) is 13.2 Å². The first-order valence-corrected chi connectivity index (χ1v) is 36.3. The van der Waals surface area contributed by atoms with Crippen LogP contribution in [0.4, 0.5) is 0 Å². The van der Waals surface area contributed by atoms with E-state index in [4.69, 9.17) is 14.2 Å². The van der Waals surface area contributed by atoms with Gasteiger partial charge in [-0.1, -0.05) is 338 Å². The molecule has 0 spiro atoms. The van der Waals surface area contributed by atoms with Crippen LogP contribution in [0.2, 0.25) is 0 Å². The summed E-state index contributed by atoms with van der Waals surface area (Å²) in [6.07, 6.45) is 91.1. The molecule has 0 aliphatic heterocycles. The number of hydrogen-bond acceptors (Lipinski definition) is 6. The Balaban J connectivity index is 4.28. The third kappa shape index (κ3) is 67.9. The van der Waals surface area contributed by atoms with Crippen molar-refractivity contribution < 1.29 is 28.6 Å². The average molecular weight is 1150 g/mol. The highest BCUT2D eigenvalue weighted by molar-refractivity contribution is 5.71. The molecule has 0 aromatic rings. The zero-order valence-electron chi connectivity index (χ0n) is 55.0. The first-order valence-electron chi connectivity index (χ1n) is 36.3. The van der Waals surface area contributed by atoms with Gasteiger partial charge in [-0.2, -0.15) is 0 Å². The second kappa shape index (κ2) is 70.6. The molecule has 6 heteroatoms. The number of esters is 3. The van der Waals surface area contributed by atoms with Crippen LogP contribution >= 0.6 is 0 Å². The highest BCUT2D eigenvalue weighted by Gasteiger charge is 2.19. The minimum atomic E-state index is -0.786. The van der Waals surface area contributed by atoms with Gasteiger partial charge >= 0.3 is 17.9 Å². The number of carbonyl (C=O) groups excluding carboxylic acids is 3. The summed E-state index contributed by atoms with van der Waals surface area (Å²) in [4.78, 5) is 38.5. The third-order valence-corrected chi connectivity index (χ3v) is 16.2. The molecule has 1 unspecified atom stereocenters. The van der Waals surface area contributed by atoms with E-state index in [1.54, 1.807) is 0 Å². The molecule has 0 aliphatic rings. The molecule has 0 saturated carbocycles. The molecule has 0 fully saturated rings. The topological polar surface area (TPSA) is 78.9 Å². The lowest BCUT2D eigenvalue weighted by Gasteiger charge is -2.18. The number of rotatable bonds is 67. The normalized spacial score (nSPS) is 12.4. The molecule has 478 valence electrons. The Labute approximate surface area is 510 Å². The summed E-state index contributed by atoms with van der Waals surface area (Å²) in [5, 5.41) is 0. The first-order chi connectivity index (χ1) is 40.5. The maximum atomic E-state index is 13.0. The van der Waals surface area contributed by atoms with E-state index in [9.17, 15) is 14.4 Å². The lowest BCUT2D eigenvalue weighted by atomic mass is 10.0. The molecule has 0 aromatic carbocycles. The van der Waals surface area contributed by atoms with E-state index in [2.05, 4.69) is 81.5 Å². The summed E-state index contributed by atoms with van der Waals surface area (Å²) in [6, 6.07) is 0. The Morgan fingerprint density at radius 1 is 0.244 bits per heavy atom. The Hall–Kier alpha value is -2.89. The Morgan fingerprint density at radius 2 is 0.439 bits per heavy atom. The first kappa shape index (κ1) is 79.1. The molecular formula is C76H138O6. The zero-order valence-corrected chi connectivity index (χ0v) is 55.0. The van der Waals surface area contributed by atoms with Gasteiger partial charge in [-0.05, 0) is 89.9 Å². The molecular weight excluding hydrogens is 1010 g/mol. The standard InChI is InChI=1S/C76H138O6/c1-4-7-10-13-16-19-22-25-28-31-33-34-35-36-37-38-39-40-41-43-45-48-51-54-57-60-63-66-69-75(78)81-72-73(71-80-74(77)68-65-62-59-56-53-50-47-44-30-27-24-21-18-15-12-9-6-3)82-76(79)70-67-64-61-58-55-52-49-46-42-32-29-26-23-20-17-14-11-8-5-2/h17-18,20-21,26-27,29-30,42,46,73H,4-16,19,22-25,28,31-41,43-45,47-72H2,1-3H3/b20-17-,21-18-,29-26-,30-27-,46-42-. The van der Waals surface area contributed by atoms with Crippen LogP contribution in [0.25, 0.3) is 0 Å². The predicted octanol–water partition coefficient (Wildman–Crippen LogP) is 25.1. The second-order valence-electron chi connectivity index (χ2n) is 24.5. The molecule has 0 rings (SSSR count). The van der Waals surface area contributed by atoms with Crippen molar-refractivity contribution in [1.82, 2.24) is 0 Å². The Kier molecular flexibility index (Phi) is 68.1. The van der Waals surface area contributed by atoms with Crippen molar-refractivity contribution in [3.8, 4) is 0 Å². The molecule has 0 radical (unpaired) electrons. The van der Waals surface area contributed by atoms with Crippen LogP contribution < -0.4 is 0 Å². The predicted molar refractivity (Wildman–Crippen MR) is 358 cm³/mol. The van der Waals surface area contributed by atoms with Gasteiger partial charge in [0.05, 0.1) is 0 Å². The Bertz CT molecular complexity index is 1460.